The second-order valence-electron chi connectivity index (χ2n) is 6.07. The van der Waals surface area contributed by atoms with Crippen molar-refractivity contribution < 1.29 is 31.9 Å². The number of carbonyl (C=O) groups is 1. The van der Waals surface area contributed by atoms with Crippen LogP contribution in [-0.4, -0.2) is 35.3 Å². The number of amides is 1. The number of oxazole rings is 1. The molecule has 1 fully saturated rings. The van der Waals surface area contributed by atoms with Gasteiger partial charge in [0, 0.05) is 6.61 Å². The highest BCUT2D eigenvalue weighted by molar-refractivity contribution is 7.22. The van der Waals surface area contributed by atoms with E-state index in [0.29, 0.717) is 22.6 Å². The fraction of sp³-hybridized carbons (Fsp3) is 0.353. The summed E-state index contributed by atoms with van der Waals surface area (Å²) in [5, 5.41) is 2.93. The third-order valence-electron chi connectivity index (χ3n) is 4.01. The molecular weight excluding hydrogens is 399 g/mol. The molecule has 0 radical (unpaired) electrons. The summed E-state index contributed by atoms with van der Waals surface area (Å²) in [6, 6.07) is 4.37. The highest BCUT2D eigenvalue weighted by Gasteiger charge is 2.29. The summed E-state index contributed by atoms with van der Waals surface area (Å²) in [6.07, 6.45) is -1.90. The molecule has 0 saturated carbocycles. The highest BCUT2D eigenvalue weighted by atomic mass is 32.1. The first-order valence-corrected chi connectivity index (χ1v) is 9.17. The molecule has 1 N–H and O–H groups in total. The summed E-state index contributed by atoms with van der Waals surface area (Å²) in [4.78, 5) is 20.8. The molecule has 28 heavy (non-hydrogen) atoms. The number of hydrogen-bond acceptors (Lipinski definition) is 7. The van der Waals surface area contributed by atoms with Gasteiger partial charge >= 0.3 is 6.18 Å². The molecule has 0 aliphatic carbocycles. The molecule has 1 aliphatic heterocycles. The van der Waals surface area contributed by atoms with Gasteiger partial charge in [-0.15, -0.1) is 0 Å². The van der Waals surface area contributed by atoms with Gasteiger partial charge < -0.3 is 13.9 Å². The van der Waals surface area contributed by atoms with Crippen molar-refractivity contribution in [3.05, 3.63) is 36.0 Å². The van der Waals surface area contributed by atoms with E-state index in [1.165, 1.54) is 24.6 Å². The Bertz CT molecular complexity index is 995. The number of thiazole rings is 1. The molecule has 1 amide bonds. The van der Waals surface area contributed by atoms with Gasteiger partial charge in [-0.05, 0) is 31.0 Å². The average Bonchev–Trinajstić information content (AvgIpc) is 3.37. The Labute approximate surface area is 160 Å². The van der Waals surface area contributed by atoms with Crippen LogP contribution in [0.1, 0.15) is 35.2 Å². The van der Waals surface area contributed by atoms with E-state index in [0.717, 1.165) is 24.2 Å². The van der Waals surface area contributed by atoms with E-state index < -0.39 is 18.7 Å². The Morgan fingerprint density at radius 1 is 1.39 bits per heavy atom. The van der Waals surface area contributed by atoms with Crippen molar-refractivity contribution in [2.75, 3.05) is 18.5 Å². The van der Waals surface area contributed by atoms with Gasteiger partial charge in [0.05, 0.1) is 10.2 Å². The van der Waals surface area contributed by atoms with E-state index >= 15 is 0 Å². The Balaban J connectivity index is 1.49. The van der Waals surface area contributed by atoms with Crippen molar-refractivity contribution in [2.45, 2.75) is 25.1 Å². The lowest BCUT2D eigenvalue weighted by Gasteiger charge is -2.08. The second-order valence-corrected chi connectivity index (χ2v) is 7.10. The van der Waals surface area contributed by atoms with Gasteiger partial charge in [0.15, 0.2) is 29.6 Å². The SMILES string of the molecule is O=C(Nc1nc2ccc(OCC(F)(F)F)cc2s1)c1ncoc1C1CCCO1. The summed E-state index contributed by atoms with van der Waals surface area (Å²) in [5.74, 6) is -0.0469. The number of nitrogens with one attached hydrogen (secondary N) is 1. The zero-order valence-corrected chi connectivity index (χ0v) is 15.1. The average molecular weight is 413 g/mol. The molecule has 1 aliphatic rings. The minimum absolute atomic E-state index is 0.0727. The maximum Gasteiger partial charge on any atom is 0.422 e. The molecule has 1 atom stereocenters. The predicted octanol–water partition coefficient (Wildman–Crippen LogP) is 4.33. The standard InChI is InChI=1S/C17H14F3N3O4S/c18-17(19,20)7-26-9-3-4-10-12(6-9)28-16(22-10)23-15(24)13-14(27-8-21-13)11-2-1-5-25-11/h3-4,6,8,11H,1-2,5,7H2,(H,22,23,24). The minimum atomic E-state index is -4.42. The van der Waals surface area contributed by atoms with Crippen LogP contribution in [0.5, 0.6) is 5.75 Å². The molecule has 2 aromatic heterocycles. The normalized spacial score (nSPS) is 17.2. The molecule has 3 aromatic rings. The number of aromatic nitrogens is 2. The molecule has 1 aromatic carbocycles. The fourth-order valence-electron chi connectivity index (χ4n) is 2.81. The molecular formula is C17H14F3N3O4S. The van der Waals surface area contributed by atoms with Crippen LogP contribution in [0.4, 0.5) is 18.3 Å². The molecule has 7 nitrogen and oxygen atoms in total. The maximum absolute atomic E-state index is 12.5. The zero-order valence-electron chi connectivity index (χ0n) is 14.3. The van der Waals surface area contributed by atoms with Gasteiger partial charge in [0.2, 0.25) is 0 Å². The van der Waals surface area contributed by atoms with Crippen LogP contribution in [0.3, 0.4) is 0 Å². The summed E-state index contributed by atoms with van der Waals surface area (Å²) in [6.45, 7) is -0.776. The van der Waals surface area contributed by atoms with Crippen molar-refractivity contribution >= 4 is 32.6 Å². The van der Waals surface area contributed by atoms with E-state index in [4.69, 9.17) is 13.9 Å². The minimum Gasteiger partial charge on any atom is -0.484 e. The Morgan fingerprint density at radius 2 is 2.25 bits per heavy atom. The van der Waals surface area contributed by atoms with Crippen LogP contribution in [0.2, 0.25) is 0 Å². The van der Waals surface area contributed by atoms with Crippen molar-refractivity contribution in [3.8, 4) is 5.75 Å². The third-order valence-corrected chi connectivity index (χ3v) is 4.95. The highest BCUT2D eigenvalue weighted by Crippen LogP contribution is 2.32. The van der Waals surface area contributed by atoms with Crippen LogP contribution < -0.4 is 10.1 Å². The quantitative estimate of drug-likeness (QED) is 0.670. The largest absolute Gasteiger partial charge is 0.484 e. The number of hydrogen-bond donors (Lipinski definition) is 1. The number of rotatable bonds is 5. The molecule has 0 spiro atoms. The zero-order chi connectivity index (χ0) is 19.7. The van der Waals surface area contributed by atoms with E-state index in [1.54, 1.807) is 0 Å². The van der Waals surface area contributed by atoms with E-state index in [9.17, 15) is 18.0 Å². The van der Waals surface area contributed by atoms with Gasteiger partial charge in [-0.2, -0.15) is 13.2 Å². The van der Waals surface area contributed by atoms with Crippen molar-refractivity contribution in [2.24, 2.45) is 0 Å². The van der Waals surface area contributed by atoms with Gasteiger partial charge in [-0.3, -0.25) is 10.1 Å². The van der Waals surface area contributed by atoms with E-state index in [-0.39, 0.29) is 22.7 Å². The Kier molecular flexibility index (Phi) is 4.94. The first kappa shape index (κ1) is 18.7. The van der Waals surface area contributed by atoms with Crippen molar-refractivity contribution in [3.63, 3.8) is 0 Å². The molecule has 148 valence electrons. The van der Waals surface area contributed by atoms with Gasteiger partial charge in [0.25, 0.3) is 5.91 Å². The molecule has 1 unspecified atom stereocenters. The number of anilines is 1. The number of halogens is 3. The molecule has 4 rings (SSSR count). The maximum atomic E-state index is 12.5. The number of fused-ring (bicyclic) bond motifs is 1. The lowest BCUT2D eigenvalue weighted by Crippen LogP contribution is -2.19. The van der Waals surface area contributed by atoms with Crippen LogP contribution in [-0.2, 0) is 4.74 Å². The smallest absolute Gasteiger partial charge is 0.422 e. The number of carbonyl (C=O) groups excluding carboxylic acids is 1. The van der Waals surface area contributed by atoms with Gasteiger partial charge in [0.1, 0.15) is 11.9 Å². The number of benzene rings is 1. The monoisotopic (exact) mass is 413 g/mol. The molecule has 11 heteroatoms. The lowest BCUT2D eigenvalue weighted by molar-refractivity contribution is -0.153. The predicted molar refractivity (Wildman–Crippen MR) is 93.6 cm³/mol. The summed E-state index contributed by atoms with van der Waals surface area (Å²) in [7, 11) is 0. The number of ether oxygens (including phenoxy) is 2. The topological polar surface area (TPSA) is 86.5 Å². The first-order chi connectivity index (χ1) is 13.4. The van der Waals surface area contributed by atoms with Crippen LogP contribution in [0.15, 0.2) is 29.0 Å². The Hall–Kier alpha value is -2.66. The van der Waals surface area contributed by atoms with Crippen molar-refractivity contribution in [1.82, 2.24) is 9.97 Å². The van der Waals surface area contributed by atoms with Crippen molar-refractivity contribution in [1.29, 1.82) is 0 Å². The lowest BCUT2D eigenvalue weighted by atomic mass is 10.1. The molecule has 1 saturated heterocycles. The van der Waals surface area contributed by atoms with Gasteiger partial charge in [-0.1, -0.05) is 11.3 Å². The van der Waals surface area contributed by atoms with Crippen LogP contribution in [0.25, 0.3) is 10.2 Å². The van der Waals surface area contributed by atoms with Gasteiger partial charge in [-0.25, -0.2) is 9.97 Å². The molecule has 3 heterocycles. The number of nitrogens with zero attached hydrogens (tertiary/aromatic N) is 2. The molecule has 0 bridgehead atoms. The summed E-state index contributed by atoms with van der Waals surface area (Å²) >= 11 is 1.11. The summed E-state index contributed by atoms with van der Waals surface area (Å²) < 4.78 is 53.0. The van der Waals surface area contributed by atoms with Crippen LogP contribution in [0, 0.1) is 0 Å². The van der Waals surface area contributed by atoms with E-state index in [2.05, 4.69) is 15.3 Å². The Morgan fingerprint density at radius 3 is 3.00 bits per heavy atom. The first-order valence-electron chi connectivity index (χ1n) is 8.35. The van der Waals surface area contributed by atoms with E-state index in [1.807, 2.05) is 0 Å². The third kappa shape index (κ3) is 4.09. The fourth-order valence-corrected chi connectivity index (χ4v) is 3.70. The van der Waals surface area contributed by atoms with Crippen LogP contribution >= 0.6 is 11.3 Å². The summed E-state index contributed by atoms with van der Waals surface area (Å²) in [5.41, 5.74) is 0.652. The second kappa shape index (κ2) is 7.40. The number of alkyl halides is 3.